The van der Waals surface area contributed by atoms with Gasteiger partial charge >= 0.3 is 6.03 Å². The molecule has 1 fully saturated rings. The lowest BCUT2D eigenvalue weighted by molar-refractivity contribution is 0.234. The van der Waals surface area contributed by atoms with Gasteiger partial charge in [0.2, 0.25) is 0 Å². The van der Waals surface area contributed by atoms with Gasteiger partial charge in [0.05, 0.1) is 12.2 Å². The fourth-order valence-electron chi connectivity index (χ4n) is 3.31. The number of aryl methyl sites for hydroxylation is 1. The Hall–Kier alpha value is -2.40. The van der Waals surface area contributed by atoms with E-state index in [0.717, 1.165) is 30.9 Å². The van der Waals surface area contributed by atoms with E-state index >= 15 is 0 Å². The van der Waals surface area contributed by atoms with Crippen molar-refractivity contribution in [2.75, 3.05) is 13.1 Å². The lowest BCUT2D eigenvalue weighted by Crippen LogP contribution is -2.45. The van der Waals surface area contributed by atoms with Gasteiger partial charge in [-0.2, -0.15) is 0 Å². The second-order valence-corrected chi connectivity index (χ2v) is 6.86. The lowest BCUT2D eigenvalue weighted by atomic mass is 10.1. The Morgan fingerprint density at radius 2 is 2.00 bits per heavy atom. The molecule has 2 heterocycles. The third-order valence-electron chi connectivity index (χ3n) is 4.79. The molecule has 5 heteroatoms. The maximum Gasteiger partial charge on any atom is 0.315 e. The summed E-state index contributed by atoms with van der Waals surface area (Å²) < 4.78 is 0. The van der Waals surface area contributed by atoms with Gasteiger partial charge in [0.15, 0.2) is 0 Å². The zero-order valence-electron chi connectivity index (χ0n) is 14.9. The van der Waals surface area contributed by atoms with Crippen LogP contribution in [0.2, 0.25) is 0 Å². The predicted octanol–water partition coefficient (Wildman–Crippen LogP) is 2.71. The summed E-state index contributed by atoms with van der Waals surface area (Å²) in [6, 6.07) is 14.4. The van der Waals surface area contributed by atoms with Crippen LogP contribution >= 0.6 is 0 Å². The Labute approximate surface area is 149 Å². The molecule has 1 aromatic heterocycles. The van der Waals surface area contributed by atoms with Crippen molar-refractivity contribution in [1.29, 1.82) is 0 Å². The van der Waals surface area contributed by atoms with E-state index < -0.39 is 0 Å². The van der Waals surface area contributed by atoms with Gasteiger partial charge in [0.1, 0.15) is 0 Å². The molecule has 5 nitrogen and oxygen atoms in total. The minimum atomic E-state index is -0.122. The SMILES string of the molecule is Cc1cccnc1CNC(=O)N[C@H]1CN(Cc2ccccc2)C[C@@H]1C. The molecule has 132 valence electrons. The predicted molar refractivity (Wildman–Crippen MR) is 99.0 cm³/mol. The van der Waals surface area contributed by atoms with Gasteiger partial charge in [-0.1, -0.05) is 43.3 Å². The van der Waals surface area contributed by atoms with E-state index in [4.69, 9.17) is 0 Å². The molecule has 25 heavy (non-hydrogen) atoms. The van der Waals surface area contributed by atoms with Crippen LogP contribution in [0.1, 0.15) is 23.7 Å². The number of aromatic nitrogens is 1. The number of likely N-dealkylation sites (tertiary alicyclic amines) is 1. The second kappa shape index (κ2) is 8.12. The zero-order valence-corrected chi connectivity index (χ0v) is 14.9. The first-order valence-electron chi connectivity index (χ1n) is 8.83. The van der Waals surface area contributed by atoms with E-state index in [1.54, 1.807) is 6.20 Å². The Bertz CT molecular complexity index is 704. The highest BCUT2D eigenvalue weighted by Crippen LogP contribution is 2.18. The van der Waals surface area contributed by atoms with E-state index in [2.05, 4.69) is 51.7 Å². The van der Waals surface area contributed by atoms with Crippen molar-refractivity contribution in [3.8, 4) is 0 Å². The second-order valence-electron chi connectivity index (χ2n) is 6.86. The molecule has 1 aliphatic heterocycles. The lowest BCUT2D eigenvalue weighted by Gasteiger charge is -2.18. The number of hydrogen-bond donors (Lipinski definition) is 2. The maximum absolute atomic E-state index is 12.2. The minimum absolute atomic E-state index is 0.122. The fraction of sp³-hybridized carbons (Fsp3) is 0.400. The molecule has 0 radical (unpaired) electrons. The van der Waals surface area contributed by atoms with Crippen LogP contribution in [-0.2, 0) is 13.1 Å². The first-order valence-corrected chi connectivity index (χ1v) is 8.83. The van der Waals surface area contributed by atoms with E-state index in [-0.39, 0.29) is 12.1 Å². The van der Waals surface area contributed by atoms with Crippen LogP contribution in [0.3, 0.4) is 0 Å². The number of carbonyl (C=O) groups is 1. The monoisotopic (exact) mass is 338 g/mol. The number of hydrogen-bond acceptors (Lipinski definition) is 3. The summed E-state index contributed by atoms with van der Waals surface area (Å²) in [5.41, 5.74) is 3.30. The smallest absolute Gasteiger partial charge is 0.315 e. The largest absolute Gasteiger partial charge is 0.334 e. The number of nitrogens with zero attached hydrogens (tertiary/aromatic N) is 2. The van der Waals surface area contributed by atoms with Crippen molar-refractivity contribution in [3.63, 3.8) is 0 Å². The van der Waals surface area contributed by atoms with Crippen molar-refractivity contribution < 1.29 is 4.79 Å². The Kier molecular flexibility index (Phi) is 5.66. The number of amides is 2. The molecular formula is C20H26N4O. The molecule has 2 aromatic rings. The first kappa shape index (κ1) is 17.4. The average molecular weight is 338 g/mol. The Morgan fingerprint density at radius 1 is 1.20 bits per heavy atom. The fourth-order valence-corrected chi connectivity index (χ4v) is 3.31. The number of rotatable bonds is 5. The summed E-state index contributed by atoms with van der Waals surface area (Å²) in [6.45, 7) is 7.46. The minimum Gasteiger partial charge on any atom is -0.334 e. The Balaban J connectivity index is 1.47. The molecular weight excluding hydrogens is 312 g/mol. The molecule has 2 N–H and O–H groups in total. The Morgan fingerprint density at radius 3 is 2.76 bits per heavy atom. The van der Waals surface area contributed by atoms with E-state index in [9.17, 15) is 4.79 Å². The number of carbonyl (C=O) groups excluding carboxylic acids is 1. The van der Waals surface area contributed by atoms with Crippen molar-refractivity contribution in [2.45, 2.75) is 33.0 Å². The van der Waals surface area contributed by atoms with Crippen LogP contribution in [0.25, 0.3) is 0 Å². The van der Waals surface area contributed by atoms with Gasteiger partial charge in [0, 0.05) is 31.9 Å². The van der Waals surface area contributed by atoms with Crippen LogP contribution in [-0.4, -0.2) is 35.0 Å². The number of urea groups is 1. The van der Waals surface area contributed by atoms with Crippen molar-refractivity contribution in [3.05, 3.63) is 65.5 Å². The molecule has 2 atom stereocenters. The van der Waals surface area contributed by atoms with Crippen LogP contribution in [0.15, 0.2) is 48.7 Å². The first-order chi connectivity index (χ1) is 12.1. The molecule has 1 aromatic carbocycles. The summed E-state index contributed by atoms with van der Waals surface area (Å²) in [4.78, 5) is 18.9. The standard InChI is InChI=1S/C20H26N4O/c1-15-7-6-10-21-18(15)11-22-20(25)23-19-14-24(12-16(19)2)13-17-8-4-3-5-9-17/h3-10,16,19H,11-14H2,1-2H3,(H2,22,23,25)/t16-,19-/m0/s1. The zero-order chi connectivity index (χ0) is 17.6. The summed E-state index contributed by atoms with van der Waals surface area (Å²) in [7, 11) is 0. The van der Waals surface area contributed by atoms with Gasteiger partial charge in [-0.15, -0.1) is 0 Å². The average Bonchev–Trinajstić information content (AvgIpc) is 2.94. The summed E-state index contributed by atoms with van der Waals surface area (Å²) in [5.74, 6) is 0.436. The van der Waals surface area contributed by atoms with Crippen molar-refractivity contribution >= 4 is 6.03 Å². The van der Waals surface area contributed by atoms with Crippen LogP contribution in [0, 0.1) is 12.8 Å². The maximum atomic E-state index is 12.2. The number of benzene rings is 1. The van der Waals surface area contributed by atoms with E-state index in [1.165, 1.54) is 5.56 Å². The van der Waals surface area contributed by atoms with Gasteiger partial charge in [-0.05, 0) is 30.0 Å². The van der Waals surface area contributed by atoms with Crippen LogP contribution < -0.4 is 10.6 Å². The number of pyridine rings is 1. The molecule has 3 rings (SSSR count). The quantitative estimate of drug-likeness (QED) is 0.881. The molecule has 2 amide bonds. The summed E-state index contributed by atoms with van der Waals surface area (Å²) >= 11 is 0. The summed E-state index contributed by atoms with van der Waals surface area (Å²) in [6.07, 6.45) is 1.75. The van der Waals surface area contributed by atoms with Crippen LogP contribution in [0.4, 0.5) is 4.79 Å². The molecule has 0 bridgehead atoms. The normalized spacial score (nSPS) is 20.4. The molecule has 0 aliphatic carbocycles. The van der Waals surface area contributed by atoms with Gasteiger partial charge in [0.25, 0.3) is 0 Å². The molecule has 0 saturated carbocycles. The van der Waals surface area contributed by atoms with E-state index in [0.29, 0.717) is 12.5 Å². The number of nitrogens with one attached hydrogen (secondary N) is 2. The highest BCUT2D eigenvalue weighted by molar-refractivity contribution is 5.74. The third kappa shape index (κ3) is 4.79. The van der Waals surface area contributed by atoms with Gasteiger partial charge in [-0.25, -0.2) is 4.79 Å². The third-order valence-corrected chi connectivity index (χ3v) is 4.79. The van der Waals surface area contributed by atoms with Gasteiger partial charge in [-0.3, -0.25) is 9.88 Å². The van der Waals surface area contributed by atoms with Gasteiger partial charge < -0.3 is 10.6 Å². The molecule has 0 unspecified atom stereocenters. The molecule has 0 spiro atoms. The van der Waals surface area contributed by atoms with E-state index in [1.807, 2.05) is 25.1 Å². The highest BCUT2D eigenvalue weighted by atomic mass is 16.2. The van der Waals surface area contributed by atoms with Crippen molar-refractivity contribution in [2.24, 2.45) is 5.92 Å². The van der Waals surface area contributed by atoms with Crippen molar-refractivity contribution in [1.82, 2.24) is 20.5 Å². The highest BCUT2D eigenvalue weighted by Gasteiger charge is 2.30. The topological polar surface area (TPSA) is 57.3 Å². The summed E-state index contributed by atoms with van der Waals surface area (Å²) in [5, 5.41) is 6.04. The van der Waals surface area contributed by atoms with Crippen LogP contribution in [0.5, 0.6) is 0 Å². The molecule has 1 saturated heterocycles. The molecule has 1 aliphatic rings.